The van der Waals surface area contributed by atoms with Gasteiger partial charge in [-0.1, -0.05) is 6.07 Å². The first-order valence-electron chi connectivity index (χ1n) is 7.33. The van der Waals surface area contributed by atoms with Crippen molar-refractivity contribution in [2.24, 2.45) is 0 Å². The summed E-state index contributed by atoms with van der Waals surface area (Å²) in [6.45, 7) is 2.96. The molecule has 6 nitrogen and oxygen atoms in total. The van der Waals surface area contributed by atoms with Gasteiger partial charge < -0.3 is 19.2 Å². The van der Waals surface area contributed by atoms with E-state index in [1.807, 2.05) is 29.2 Å². The lowest BCUT2D eigenvalue weighted by atomic mass is 10.2. The van der Waals surface area contributed by atoms with Crippen LogP contribution in [-0.2, 0) is 0 Å². The Morgan fingerprint density at radius 1 is 1.18 bits per heavy atom. The molecule has 1 saturated heterocycles. The smallest absolute Gasteiger partial charge is 0.270 e. The number of furan rings is 1. The Hall–Kier alpha value is -2.76. The van der Waals surface area contributed by atoms with Crippen LogP contribution in [0.15, 0.2) is 47.2 Å². The van der Waals surface area contributed by atoms with Crippen molar-refractivity contribution in [2.45, 2.75) is 0 Å². The monoisotopic (exact) mass is 296 g/mol. The quantitative estimate of drug-likeness (QED) is 0.786. The van der Waals surface area contributed by atoms with Gasteiger partial charge in [-0.25, -0.2) is 4.98 Å². The molecular formula is C16H16N4O2. The Morgan fingerprint density at radius 2 is 2.05 bits per heavy atom. The summed E-state index contributed by atoms with van der Waals surface area (Å²) in [5.41, 5.74) is 2.16. The van der Waals surface area contributed by atoms with E-state index in [1.165, 1.54) is 0 Å². The Morgan fingerprint density at radius 3 is 2.77 bits per heavy atom. The van der Waals surface area contributed by atoms with E-state index in [9.17, 15) is 4.79 Å². The maximum atomic E-state index is 12.5. The molecule has 1 aliphatic rings. The van der Waals surface area contributed by atoms with Gasteiger partial charge in [0.05, 0.1) is 11.8 Å². The van der Waals surface area contributed by atoms with Gasteiger partial charge in [0.25, 0.3) is 5.91 Å². The van der Waals surface area contributed by atoms with Crippen LogP contribution in [0.1, 0.15) is 10.5 Å². The first-order chi connectivity index (χ1) is 10.8. The summed E-state index contributed by atoms with van der Waals surface area (Å²) in [5, 5.41) is 0. The van der Waals surface area contributed by atoms with Crippen molar-refractivity contribution in [3.8, 4) is 0 Å². The first kappa shape index (κ1) is 12.9. The van der Waals surface area contributed by atoms with Crippen molar-refractivity contribution in [3.05, 3.63) is 48.5 Å². The minimum absolute atomic E-state index is 0.0204. The molecule has 22 heavy (non-hydrogen) atoms. The maximum absolute atomic E-state index is 12.5. The second-order valence-electron chi connectivity index (χ2n) is 5.35. The Kier molecular flexibility index (Phi) is 3.07. The largest absolute Gasteiger partial charge is 0.463 e. The molecule has 0 spiro atoms. The lowest BCUT2D eigenvalue weighted by molar-refractivity contribution is 0.0741. The van der Waals surface area contributed by atoms with Gasteiger partial charge in [0.1, 0.15) is 11.5 Å². The summed E-state index contributed by atoms with van der Waals surface area (Å²) >= 11 is 0. The van der Waals surface area contributed by atoms with Gasteiger partial charge in [0, 0.05) is 44.5 Å². The molecule has 3 aromatic heterocycles. The van der Waals surface area contributed by atoms with Gasteiger partial charge in [-0.05, 0) is 12.1 Å². The van der Waals surface area contributed by atoms with Crippen LogP contribution in [0.4, 0.5) is 5.82 Å². The third-order valence-electron chi connectivity index (χ3n) is 4.01. The lowest BCUT2D eigenvalue weighted by Crippen LogP contribution is -2.49. The van der Waals surface area contributed by atoms with Crippen LogP contribution in [-0.4, -0.2) is 47.0 Å². The highest BCUT2D eigenvalue weighted by molar-refractivity contribution is 5.96. The van der Waals surface area contributed by atoms with Gasteiger partial charge in [-0.15, -0.1) is 0 Å². The number of hydrogen-bond acceptors (Lipinski definition) is 4. The Balaban J connectivity index is 1.45. The van der Waals surface area contributed by atoms with Crippen molar-refractivity contribution in [1.82, 2.24) is 14.9 Å². The van der Waals surface area contributed by atoms with Crippen molar-refractivity contribution < 1.29 is 9.21 Å². The Bertz CT molecular complexity index is 756. The average molecular weight is 296 g/mol. The van der Waals surface area contributed by atoms with Gasteiger partial charge in [0.15, 0.2) is 5.58 Å². The third-order valence-corrected chi connectivity index (χ3v) is 4.01. The minimum atomic E-state index is 0.0204. The molecule has 1 aliphatic heterocycles. The zero-order chi connectivity index (χ0) is 14.9. The number of aromatic nitrogens is 2. The molecule has 3 aromatic rings. The number of nitrogens with one attached hydrogen (secondary N) is 1. The molecule has 1 fully saturated rings. The molecule has 0 bridgehead atoms. The van der Waals surface area contributed by atoms with Crippen LogP contribution in [0.25, 0.3) is 11.1 Å². The molecule has 0 saturated carbocycles. The number of pyridine rings is 1. The fourth-order valence-corrected chi connectivity index (χ4v) is 2.81. The fourth-order valence-electron chi connectivity index (χ4n) is 2.81. The predicted octanol–water partition coefficient (Wildman–Crippen LogP) is 2.12. The molecule has 0 aliphatic carbocycles. The van der Waals surface area contributed by atoms with E-state index in [4.69, 9.17) is 4.42 Å². The van der Waals surface area contributed by atoms with Crippen LogP contribution in [0.2, 0.25) is 0 Å². The number of nitrogens with zero attached hydrogens (tertiary/aromatic N) is 3. The molecule has 112 valence electrons. The van der Waals surface area contributed by atoms with E-state index in [2.05, 4.69) is 14.9 Å². The molecule has 0 radical (unpaired) electrons. The summed E-state index contributed by atoms with van der Waals surface area (Å²) < 4.78 is 5.29. The predicted molar refractivity (Wildman–Crippen MR) is 82.9 cm³/mol. The normalized spacial score (nSPS) is 15.5. The summed E-state index contributed by atoms with van der Waals surface area (Å²) in [4.78, 5) is 24.1. The number of anilines is 1. The number of fused-ring (bicyclic) bond motifs is 1. The molecular weight excluding hydrogens is 280 g/mol. The van der Waals surface area contributed by atoms with E-state index >= 15 is 0 Å². The van der Waals surface area contributed by atoms with E-state index in [-0.39, 0.29) is 5.91 Å². The molecule has 1 amide bonds. The molecule has 1 N–H and O–H groups in total. The molecule has 0 aromatic carbocycles. The number of aromatic amines is 1. The van der Waals surface area contributed by atoms with Gasteiger partial charge in [-0.2, -0.15) is 0 Å². The molecule has 6 heteroatoms. The summed E-state index contributed by atoms with van der Waals surface area (Å²) in [6.07, 6.45) is 3.40. The number of rotatable bonds is 2. The number of hydrogen-bond donors (Lipinski definition) is 1. The number of amides is 1. The minimum Gasteiger partial charge on any atom is -0.463 e. The number of carbonyl (C=O) groups is 1. The van der Waals surface area contributed by atoms with E-state index in [1.54, 1.807) is 18.5 Å². The highest BCUT2D eigenvalue weighted by atomic mass is 16.3. The van der Waals surface area contributed by atoms with E-state index in [0.717, 1.165) is 30.0 Å². The van der Waals surface area contributed by atoms with Crippen molar-refractivity contribution in [1.29, 1.82) is 0 Å². The van der Waals surface area contributed by atoms with Crippen LogP contribution in [0, 0.1) is 0 Å². The van der Waals surface area contributed by atoms with Gasteiger partial charge >= 0.3 is 0 Å². The second-order valence-corrected chi connectivity index (χ2v) is 5.35. The van der Waals surface area contributed by atoms with Crippen LogP contribution in [0.3, 0.4) is 0 Å². The highest BCUT2D eigenvalue weighted by Gasteiger charge is 2.24. The SMILES string of the molecule is O=C(c1cc2occc2[nH]1)N1CCN(c2ccccn2)CC1. The lowest BCUT2D eigenvalue weighted by Gasteiger charge is -2.35. The average Bonchev–Trinajstić information content (AvgIpc) is 3.17. The highest BCUT2D eigenvalue weighted by Crippen LogP contribution is 2.19. The zero-order valence-corrected chi connectivity index (χ0v) is 12.0. The fraction of sp³-hybridized carbons (Fsp3) is 0.250. The molecule has 0 unspecified atom stereocenters. The van der Waals surface area contributed by atoms with Crippen LogP contribution < -0.4 is 4.90 Å². The van der Waals surface area contributed by atoms with E-state index in [0.29, 0.717) is 18.8 Å². The first-order valence-corrected chi connectivity index (χ1v) is 7.33. The standard InChI is InChI=1S/C16H16N4O2/c21-16(13-11-14-12(18-13)4-10-22-14)20-8-6-19(7-9-20)15-3-1-2-5-17-15/h1-5,10-11,18H,6-9H2. The van der Waals surface area contributed by atoms with Gasteiger partial charge in [0.2, 0.25) is 0 Å². The summed E-state index contributed by atoms with van der Waals surface area (Å²) in [7, 11) is 0. The summed E-state index contributed by atoms with van der Waals surface area (Å²) in [5.74, 6) is 0.985. The Labute approximate surface area is 127 Å². The second kappa shape index (κ2) is 5.22. The third kappa shape index (κ3) is 2.22. The van der Waals surface area contributed by atoms with Gasteiger partial charge in [-0.3, -0.25) is 4.79 Å². The van der Waals surface area contributed by atoms with Crippen molar-refractivity contribution in [3.63, 3.8) is 0 Å². The van der Waals surface area contributed by atoms with E-state index < -0.39 is 0 Å². The van der Waals surface area contributed by atoms with Crippen LogP contribution in [0.5, 0.6) is 0 Å². The zero-order valence-electron chi connectivity index (χ0n) is 12.0. The molecule has 4 rings (SSSR count). The number of piperazine rings is 1. The molecule has 4 heterocycles. The number of carbonyl (C=O) groups excluding carboxylic acids is 1. The number of H-pyrrole nitrogens is 1. The van der Waals surface area contributed by atoms with Crippen molar-refractivity contribution in [2.75, 3.05) is 31.1 Å². The topological polar surface area (TPSA) is 65.4 Å². The van der Waals surface area contributed by atoms with Crippen LogP contribution >= 0.6 is 0 Å². The summed E-state index contributed by atoms with van der Waals surface area (Å²) in [6, 6.07) is 9.47. The maximum Gasteiger partial charge on any atom is 0.270 e. The van der Waals surface area contributed by atoms with Crippen molar-refractivity contribution >= 4 is 22.8 Å². The molecule has 0 atom stereocenters.